The van der Waals surface area contributed by atoms with Crippen molar-refractivity contribution in [2.75, 3.05) is 13.1 Å². The highest BCUT2D eigenvalue weighted by Crippen LogP contribution is 2.58. The lowest BCUT2D eigenvalue weighted by molar-refractivity contribution is -0.146. The fourth-order valence-corrected chi connectivity index (χ4v) is 8.51. The van der Waals surface area contributed by atoms with Crippen molar-refractivity contribution < 1.29 is 9.53 Å². The smallest absolute Gasteiger partial charge is 0.310 e. The van der Waals surface area contributed by atoms with Crippen LogP contribution in [0, 0.1) is 34.0 Å². The number of allylic oxidation sites excluding steroid dienone is 1. The van der Waals surface area contributed by atoms with E-state index in [2.05, 4.69) is 39.2 Å². The van der Waals surface area contributed by atoms with Crippen molar-refractivity contribution in [3.63, 3.8) is 0 Å². The van der Waals surface area contributed by atoms with Gasteiger partial charge in [0.25, 0.3) is 0 Å². The van der Waals surface area contributed by atoms with E-state index in [4.69, 9.17) is 4.74 Å². The molecular weight excluding hydrogens is 346 g/mol. The third-order valence-corrected chi connectivity index (χ3v) is 9.27. The first-order chi connectivity index (χ1) is 13.1. The number of hydrogen-bond acceptors (Lipinski definition) is 3. The standard InChI is InChI=1S/C25H39NO2/c1-16-7-6-8-25(5)12-21-18(9-20(16)25)19(22(27)28-21)13-26-15-24(4)11-17(26)10-23(2,3)14-24/h17-21H,1,6-15H2,2-5H3/t17-,18+,19-,20-,21+,24-,25+/m0/s1. The second-order valence-corrected chi connectivity index (χ2v) is 12.5. The number of esters is 1. The lowest BCUT2D eigenvalue weighted by Gasteiger charge is -2.50. The number of rotatable bonds is 2. The van der Waals surface area contributed by atoms with Crippen LogP contribution in [-0.2, 0) is 9.53 Å². The van der Waals surface area contributed by atoms with Gasteiger partial charge in [0.05, 0.1) is 5.92 Å². The maximum Gasteiger partial charge on any atom is 0.310 e. The van der Waals surface area contributed by atoms with Gasteiger partial charge in [-0.25, -0.2) is 0 Å². The monoisotopic (exact) mass is 385 g/mol. The van der Waals surface area contributed by atoms with Crippen molar-refractivity contribution in [1.29, 1.82) is 0 Å². The summed E-state index contributed by atoms with van der Waals surface area (Å²) in [5, 5.41) is 0. The lowest BCUT2D eigenvalue weighted by atomic mass is 9.55. The van der Waals surface area contributed by atoms with Crippen molar-refractivity contribution in [2.24, 2.45) is 34.0 Å². The van der Waals surface area contributed by atoms with Gasteiger partial charge >= 0.3 is 5.97 Å². The van der Waals surface area contributed by atoms with Crippen LogP contribution in [0.1, 0.15) is 79.1 Å². The number of carbonyl (C=O) groups excluding carboxylic acids is 1. The van der Waals surface area contributed by atoms with E-state index in [-0.39, 0.29) is 18.0 Å². The van der Waals surface area contributed by atoms with Gasteiger partial charge in [-0.05, 0) is 73.5 Å². The summed E-state index contributed by atoms with van der Waals surface area (Å²) in [5.41, 5.74) is 2.60. The molecule has 3 heteroatoms. The van der Waals surface area contributed by atoms with Crippen LogP contribution in [0.2, 0.25) is 0 Å². The van der Waals surface area contributed by atoms with Crippen molar-refractivity contribution in [2.45, 2.75) is 91.2 Å². The molecule has 0 aromatic carbocycles. The lowest BCUT2D eigenvalue weighted by Crippen LogP contribution is -2.46. The van der Waals surface area contributed by atoms with Gasteiger partial charge in [-0.2, -0.15) is 0 Å². The molecule has 0 spiro atoms. The summed E-state index contributed by atoms with van der Waals surface area (Å²) < 4.78 is 6.02. The molecule has 3 aliphatic carbocycles. The summed E-state index contributed by atoms with van der Waals surface area (Å²) in [5.74, 6) is 1.17. The minimum Gasteiger partial charge on any atom is -0.462 e. The molecule has 2 heterocycles. The zero-order chi connectivity index (χ0) is 19.9. The molecule has 0 N–H and O–H groups in total. The Kier molecular flexibility index (Phi) is 4.17. The van der Waals surface area contributed by atoms with Gasteiger partial charge in [-0.1, -0.05) is 39.8 Å². The van der Waals surface area contributed by atoms with Gasteiger partial charge in [0, 0.05) is 25.0 Å². The molecule has 5 rings (SSSR count). The average molecular weight is 386 g/mol. The van der Waals surface area contributed by atoms with Crippen LogP contribution in [0.3, 0.4) is 0 Å². The van der Waals surface area contributed by atoms with E-state index in [1.54, 1.807) is 0 Å². The molecule has 3 saturated carbocycles. The first-order valence-corrected chi connectivity index (χ1v) is 11.7. The number of likely N-dealkylation sites (tertiary alicyclic amines) is 1. The maximum absolute atomic E-state index is 12.9. The third-order valence-electron chi connectivity index (χ3n) is 9.27. The Morgan fingerprint density at radius 2 is 1.96 bits per heavy atom. The highest BCUT2D eigenvalue weighted by molar-refractivity contribution is 5.75. The Labute approximate surface area is 171 Å². The average Bonchev–Trinajstić information content (AvgIpc) is 2.97. The predicted octanol–water partition coefficient (Wildman–Crippen LogP) is 5.20. The van der Waals surface area contributed by atoms with E-state index in [9.17, 15) is 4.79 Å². The number of nitrogens with zero attached hydrogens (tertiary/aromatic N) is 1. The molecule has 5 fully saturated rings. The van der Waals surface area contributed by atoms with E-state index in [0.29, 0.717) is 34.1 Å². The van der Waals surface area contributed by atoms with Crippen LogP contribution in [0.15, 0.2) is 12.2 Å². The molecule has 2 saturated heterocycles. The largest absolute Gasteiger partial charge is 0.462 e. The van der Waals surface area contributed by atoms with Crippen LogP contribution >= 0.6 is 0 Å². The molecule has 2 bridgehead atoms. The number of hydrogen-bond donors (Lipinski definition) is 0. The van der Waals surface area contributed by atoms with E-state index < -0.39 is 0 Å². The summed E-state index contributed by atoms with van der Waals surface area (Å²) in [6.45, 7) is 16.3. The Morgan fingerprint density at radius 1 is 1.18 bits per heavy atom. The summed E-state index contributed by atoms with van der Waals surface area (Å²) >= 11 is 0. The molecule has 0 amide bonds. The Bertz CT molecular complexity index is 699. The molecule has 0 radical (unpaired) electrons. The molecular formula is C25H39NO2. The second-order valence-electron chi connectivity index (χ2n) is 12.5. The Morgan fingerprint density at radius 3 is 2.75 bits per heavy atom. The fraction of sp³-hybridized carbons (Fsp3) is 0.880. The van der Waals surface area contributed by atoms with Crippen LogP contribution in [-0.4, -0.2) is 36.1 Å². The highest BCUT2D eigenvalue weighted by atomic mass is 16.6. The van der Waals surface area contributed by atoms with E-state index in [1.165, 1.54) is 44.1 Å². The molecule has 2 aliphatic heterocycles. The van der Waals surface area contributed by atoms with Gasteiger partial charge in [0.1, 0.15) is 6.10 Å². The van der Waals surface area contributed by atoms with Gasteiger partial charge in [0.15, 0.2) is 0 Å². The molecule has 0 aromatic heterocycles. The number of ether oxygens (including phenoxy) is 1. The molecule has 156 valence electrons. The zero-order valence-electron chi connectivity index (χ0n) is 18.4. The van der Waals surface area contributed by atoms with Crippen molar-refractivity contribution >= 4 is 5.97 Å². The van der Waals surface area contributed by atoms with Crippen LogP contribution in [0.5, 0.6) is 0 Å². The maximum atomic E-state index is 12.9. The quantitative estimate of drug-likeness (QED) is 0.483. The minimum atomic E-state index is 0.0790. The normalized spacial score (nSPS) is 50.2. The number of fused-ring (bicyclic) bond motifs is 4. The van der Waals surface area contributed by atoms with Crippen molar-refractivity contribution in [3.8, 4) is 0 Å². The highest BCUT2D eigenvalue weighted by Gasteiger charge is 2.57. The second kappa shape index (κ2) is 6.09. The molecule has 7 atom stereocenters. The first-order valence-electron chi connectivity index (χ1n) is 11.7. The first kappa shape index (κ1) is 19.2. The van der Waals surface area contributed by atoms with E-state index >= 15 is 0 Å². The Balaban J connectivity index is 1.34. The molecule has 0 unspecified atom stereocenters. The van der Waals surface area contributed by atoms with Crippen molar-refractivity contribution in [3.05, 3.63) is 12.2 Å². The van der Waals surface area contributed by atoms with Crippen LogP contribution in [0.4, 0.5) is 0 Å². The molecule has 0 aromatic rings. The summed E-state index contributed by atoms with van der Waals surface area (Å²) in [7, 11) is 0. The zero-order valence-corrected chi connectivity index (χ0v) is 18.4. The summed E-state index contributed by atoms with van der Waals surface area (Å²) in [4.78, 5) is 15.6. The Hall–Kier alpha value is -0.830. The predicted molar refractivity (Wildman–Crippen MR) is 112 cm³/mol. The van der Waals surface area contributed by atoms with Crippen LogP contribution < -0.4 is 0 Å². The minimum absolute atomic E-state index is 0.0790. The summed E-state index contributed by atoms with van der Waals surface area (Å²) in [6, 6.07) is 0.652. The van der Waals surface area contributed by atoms with E-state index in [1.807, 2.05) is 0 Å². The van der Waals surface area contributed by atoms with Gasteiger partial charge < -0.3 is 4.74 Å². The fourth-order valence-electron chi connectivity index (χ4n) is 8.51. The molecule has 28 heavy (non-hydrogen) atoms. The van der Waals surface area contributed by atoms with Gasteiger partial charge in [0.2, 0.25) is 0 Å². The van der Waals surface area contributed by atoms with Gasteiger partial charge in [-0.3, -0.25) is 9.69 Å². The molecule has 5 aliphatic rings. The SMILES string of the molecule is C=C1CCC[C@]2(C)C[C@H]3OC(=O)[C@@H](CN4C[C@@]5(C)C[C@@H]4CC(C)(C)C5)[C@H]3C[C@@H]12. The number of carbonyl (C=O) groups is 1. The van der Waals surface area contributed by atoms with Gasteiger partial charge in [-0.15, -0.1) is 0 Å². The van der Waals surface area contributed by atoms with E-state index in [0.717, 1.165) is 25.9 Å². The molecule has 3 nitrogen and oxygen atoms in total. The topological polar surface area (TPSA) is 29.5 Å². The third kappa shape index (κ3) is 2.99. The van der Waals surface area contributed by atoms with Crippen molar-refractivity contribution in [1.82, 2.24) is 4.90 Å². The van der Waals surface area contributed by atoms with Crippen LogP contribution in [0.25, 0.3) is 0 Å². The summed E-state index contributed by atoms with van der Waals surface area (Å²) in [6.07, 6.45) is 9.93.